The van der Waals surface area contributed by atoms with E-state index < -0.39 is 18.4 Å². The van der Waals surface area contributed by atoms with Crippen LogP contribution in [-0.4, -0.2) is 60.7 Å². The summed E-state index contributed by atoms with van der Waals surface area (Å²) in [5, 5.41) is 2.68. The van der Waals surface area contributed by atoms with Gasteiger partial charge in [0.1, 0.15) is 6.54 Å². The second-order valence-corrected chi connectivity index (χ2v) is 11.8. The Bertz CT molecular complexity index is 968. The van der Waals surface area contributed by atoms with Crippen molar-refractivity contribution in [1.29, 1.82) is 0 Å². The Balaban J connectivity index is 1.93. The SMILES string of the molecule is CCOC(=O)OC(OC(=O)CNC(=O)C(CSSCC(N)CCSC)Cc1ccccc1)c1ccccc1. The summed E-state index contributed by atoms with van der Waals surface area (Å²) in [6.45, 7) is 1.40. The zero-order valence-electron chi connectivity index (χ0n) is 21.7. The van der Waals surface area contributed by atoms with E-state index in [1.54, 1.807) is 70.6 Å². The average Bonchev–Trinajstić information content (AvgIpc) is 2.93. The molecule has 0 aliphatic rings. The lowest BCUT2D eigenvalue weighted by Gasteiger charge is -2.19. The number of esters is 1. The molecule has 38 heavy (non-hydrogen) atoms. The number of carbonyl (C=O) groups excluding carboxylic acids is 3. The quantitative estimate of drug-likeness (QED) is 0.117. The van der Waals surface area contributed by atoms with E-state index in [0.717, 1.165) is 23.5 Å². The highest BCUT2D eigenvalue weighted by atomic mass is 33.1. The number of hydrogen-bond donors (Lipinski definition) is 2. The molecule has 0 aromatic heterocycles. The molecule has 208 valence electrons. The summed E-state index contributed by atoms with van der Waals surface area (Å²) in [7, 11) is 3.26. The van der Waals surface area contributed by atoms with Crippen molar-refractivity contribution in [3.05, 3.63) is 71.8 Å². The van der Waals surface area contributed by atoms with E-state index in [4.69, 9.17) is 19.9 Å². The molecule has 0 aliphatic carbocycles. The Kier molecular flexibility index (Phi) is 15.8. The number of thioether (sulfide) groups is 1. The lowest BCUT2D eigenvalue weighted by Crippen LogP contribution is -2.37. The minimum Gasteiger partial charge on any atom is -0.434 e. The van der Waals surface area contributed by atoms with E-state index in [2.05, 4.69) is 11.6 Å². The summed E-state index contributed by atoms with van der Waals surface area (Å²) >= 11 is 1.78. The molecular formula is C27H36N2O6S3. The second-order valence-electron chi connectivity index (χ2n) is 8.25. The summed E-state index contributed by atoms with van der Waals surface area (Å²) in [4.78, 5) is 37.5. The van der Waals surface area contributed by atoms with Gasteiger partial charge in [-0.05, 0) is 37.3 Å². The highest BCUT2D eigenvalue weighted by molar-refractivity contribution is 8.76. The summed E-state index contributed by atoms with van der Waals surface area (Å²) < 4.78 is 15.3. The number of nitrogens with two attached hydrogens (primary N) is 1. The Morgan fingerprint density at radius 3 is 2.26 bits per heavy atom. The van der Waals surface area contributed by atoms with Crippen LogP contribution in [0.2, 0.25) is 0 Å². The molecule has 0 radical (unpaired) electrons. The van der Waals surface area contributed by atoms with Crippen LogP contribution in [0.1, 0.15) is 30.8 Å². The lowest BCUT2D eigenvalue weighted by molar-refractivity contribution is -0.172. The van der Waals surface area contributed by atoms with Gasteiger partial charge in [0.15, 0.2) is 0 Å². The van der Waals surface area contributed by atoms with Gasteiger partial charge >= 0.3 is 12.1 Å². The molecule has 1 amide bonds. The van der Waals surface area contributed by atoms with Crippen LogP contribution in [0.15, 0.2) is 60.7 Å². The highest BCUT2D eigenvalue weighted by Crippen LogP contribution is 2.27. The van der Waals surface area contributed by atoms with Crippen molar-refractivity contribution in [2.75, 3.05) is 36.7 Å². The van der Waals surface area contributed by atoms with Crippen molar-refractivity contribution < 1.29 is 28.6 Å². The van der Waals surface area contributed by atoms with E-state index in [1.807, 2.05) is 30.3 Å². The van der Waals surface area contributed by atoms with Gasteiger partial charge in [-0.2, -0.15) is 11.8 Å². The van der Waals surface area contributed by atoms with Crippen molar-refractivity contribution in [2.45, 2.75) is 32.1 Å². The first-order valence-corrected chi connectivity index (χ1v) is 16.2. The third-order valence-electron chi connectivity index (χ3n) is 5.21. The van der Waals surface area contributed by atoms with Crippen LogP contribution >= 0.6 is 33.3 Å². The first-order valence-electron chi connectivity index (χ1n) is 12.3. The molecule has 0 saturated heterocycles. The molecule has 0 fully saturated rings. The summed E-state index contributed by atoms with van der Waals surface area (Å²) in [6, 6.07) is 18.4. The zero-order valence-corrected chi connectivity index (χ0v) is 24.2. The van der Waals surface area contributed by atoms with Crippen molar-refractivity contribution in [3.63, 3.8) is 0 Å². The highest BCUT2D eigenvalue weighted by Gasteiger charge is 2.24. The largest absolute Gasteiger partial charge is 0.511 e. The molecular weight excluding hydrogens is 545 g/mol. The van der Waals surface area contributed by atoms with E-state index in [-0.39, 0.29) is 31.0 Å². The van der Waals surface area contributed by atoms with Gasteiger partial charge in [0, 0.05) is 23.1 Å². The van der Waals surface area contributed by atoms with Gasteiger partial charge in [0.2, 0.25) is 5.91 Å². The van der Waals surface area contributed by atoms with Crippen molar-refractivity contribution in [2.24, 2.45) is 11.7 Å². The standard InChI is InChI=1S/C27H36N2O6S3/c1-3-33-27(32)35-26(21-12-8-5-9-13-21)34-24(30)17-29-25(31)22(16-20-10-6-4-7-11-20)18-37-38-19-23(28)14-15-36-2/h4-13,22-23,26H,3,14-19,28H2,1-2H3,(H,29,31). The van der Waals surface area contributed by atoms with Crippen LogP contribution in [0.4, 0.5) is 4.79 Å². The topological polar surface area (TPSA) is 117 Å². The van der Waals surface area contributed by atoms with E-state index >= 15 is 0 Å². The Morgan fingerprint density at radius 2 is 1.61 bits per heavy atom. The molecule has 2 aromatic rings. The fourth-order valence-corrected chi connectivity index (χ4v) is 6.32. The number of rotatable bonds is 17. The number of amides is 1. The molecule has 0 heterocycles. The number of benzene rings is 2. The maximum absolute atomic E-state index is 13.1. The molecule has 0 aliphatic heterocycles. The molecule has 0 saturated carbocycles. The summed E-state index contributed by atoms with van der Waals surface area (Å²) in [5.41, 5.74) is 7.65. The first-order chi connectivity index (χ1) is 18.4. The number of carbonyl (C=O) groups is 3. The summed E-state index contributed by atoms with van der Waals surface area (Å²) in [6.07, 6.45) is 1.30. The summed E-state index contributed by atoms with van der Waals surface area (Å²) in [5.74, 6) is 1.04. The molecule has 3 atom stereocenters. The van der Waals surface area contributed by atoms with Crippen LogP contribution in [-0.2, 0) is 30.2 Å². The first kappa shape index (κ1) is 31.9. The maximum Gasteiger partial charge on any atom is 0.511 e. The molecule has 3 unspecified atom stereocenters. The maximum atomic E-state index is 13.1. The number of hydrogen-bond acceptors (Lipinski definition) is 10. The minimum atomic E-state index is -1.29. The fraction of sp³-hybridized carbons (Fsp3) is 0.444. The second kappa shape index (κ2) is 18.8. The van der Waals surface area contributed by atoms with E-state index in [1.165, 1.54) is 0 Å². The Hall–Kier alpha value is -2.34. The molecule has 0 bridgehead atoms. The lowest BCUT2D eigenvalue weighted by atomic mass is 10.0. The van der Waals surface area contributed by atoms with Crippen LogP contribution in [0.25, 0.3) is 0 Å². The van der Waals surface area contributed by atoms with Crippen LogP contribution in [0, 0.1) is 5.92 Å². The Morgan fingerprint density at radius 1 is 0.947 bits per heavy atom. The Labute approximate surface area is 236 Å². The minimum absolute atomic E-state index is 0.116. The molecule has 8 nitrogen and oxygen atoms in total. The van der Waals surface area contributed by atoms with Gasteiger partial charge in [-0.3, -0.25) is 9.59 Å². The van der Waals surface area contributed by atoms with Gasteiger partial charge in [0.25, 0.3) is 6.29 Å². The van der Waals surface area contributed by atoms with Crippen molar-refractivity contribution in [1.82, 2.24) is 5.32 Å². The molecule has 11 heteroatoms. The third-order valence-corrected chi connectivity index (χ3v) is 8.44. The molecule has 3 N–H and O–H groups in total. The smallest absolute Gasteiger partial charge is 0.434 e. The van der Waals surface area contributed by atoms with Crippen LogP contribution < -0.4 is 11.1 Å². The van der Waals surface area contributed by atoms with Gasteiger partial charge in [-0.15, -0.1) is 0 Å². The van der Waals surface area contributed by atoms with Gasteiger partial charge in [-0.1, -0.05) is 82.3 Å². The van der Waals surface area contributed by atoms with Gasteiger partial charge < -0.3 is 25.3 Å². The van der Waals surface area contributed by atoms with E-state index in [0.29, 0.717) is 17.7 Å². The number of ether oxygens (including phenoxy) is 3. The monoisotopic (exact) mass is 580 g/mol. The average molecular weight is 581 g/mol. The normalized spacial score (nSPS) is 13.1. The predicted molar refractivity (Wildman–Crippen MR) is 156 cm³/mol. The van der Waals surface area contributed by atoms with E-state index in [9.17, 15) is 14.4 Å². The molecule has 2 aromatic carbocycles. The van der Waals surface area contributed by atoms with Crippen LogP contribution in [0.5, 0.6) is 0 Å². The van der Waals surface area contributed by atoms with Crippen molar-refractivity contribution >= 4 is 51.4 Å². The fourth-order valence-electron chi connectivity index (χ4n) is 3.22. The van der Waals surface area contributed by atoms with Crippen molar-refractivity contribution in [3.8, 4) is 0 Å². The van der Waals surface area contributed by atoms with Gasteiger partial charge in [-0.25, -0.2) is 4.79 Å². The number of nitrogens with one attached hydrogen (secondary N) is 1. The third kappa shape index (κ3) is 12.9. The predicted octanol–water partition coefficient (Wildman–Crippen LogP) is 4.84. The molecule has 2 rings (SSSR count). The molecule has 0 spiro atoms. The zero-order chi connectivity index (χ0) is 27.6. The van der Waals surface area contributed by atoms with Crippen LogP contribution in [0.3, 0.4) is 0 Å². The van der Waals surface area contributed by atoms with Gasteiger partial charge in [0.05, 0.1) is 12.5 Å².